The maximum atomic E-state index is 12.7. The molecule has 4 nitrogen and oxygen atoms in total. The molecule has 23 heavy (non-hydrogen) atoms. The van der Waals surface area contributed by atoms with E-state index in [1.54, 1.807) is 23.1 Å². The second-order valence-electron chi connectivity index (χ2n) is 5.56. The van der Waals surface area contributed by atoms with Gasteiger partial charge in [-0.05, 0) is 23.7 Å². The Morgan fingerprint density at radius 2 is 1.91 bits per heavy atom. The fraction of sp³-hybridized carbons (Fsp3) is 0.562. The fourth-order valence-corrected chi connectivity index (χ4v) is 4.65. The molecule has 0 spiro atoms. The second-order valence-corrected chi connectivity index (χ2v) is 8.16. The molecule has 0 bridgehead atoms. The van der Waals surface area contributed by atoms with Crippen molar-refractivity contribution in [1.29, 1.82) is 0 Å². The minimum atomic E-state index is -1.17. The maximum Gasteiger partial charge on any atom is 0.409 e. The SMILES string of the molecule is CCCCOC(=O)N1CCC([S+]([O-])c2cc(Cl)cc(Cl)c2)CC1. The molecule has 1 aliphatic heterocycles. The number of ether oxygens (including phenoxy) is 1. The van der Waals surface area contributed by atoms with Crippen LogP contribution >= 0.6 is 23.2 Å². The predicted molar refractivity (Wildman–Crippen MR) is 93.7 cm³/mol. The minimum absolute atomic E-state index is 0.00391. The largest absolute Gasteiger partial charge is 0.611 e. The van der Waals surface area contributed by atoms with Gasteiger partial charge in [-0.1, -0.05) is 36.5 Å². The number of rotatable bonds is 5. The molecule has 0 aromatic heterocycles. The number of carbonyl (C=O) groups is 1. The smallest absolute Gasteiger partial charge is 0.409 e. The summed E-state index contributed by atoms with van der Waals surface area (Å²) in [5.41, 5.74) is 0. The lowest BCUT2D eigenvalue weighted by Crippen LogP contribution is -2.42. The van der Waals surface area contributed by atoms with Crippen molar-refractivity contribution in [2.24, 2.45) is 0 Å². The molecule has 1 atom stereocenters. The first kappa shape index (κ1) is 18.7. The van der Waals surface area contributed by atoms with Crippen LogP contribution in [0.15, 0.2) is 23.1 Å². The van der Waals surface area contributed by atoms with E-state index in [9.17, 15) is 9.35 Å². The molecule has 0 saturated carbocycles. The molecule has 0 N–H and O–H groups in total. The highest BCUT2D eigenvalue weighted by Gasteiger charge is 2.32. The van der Waals surface area contributed by atoms with Gasteiger partial charge < -0.3 is 14.2 Å². The van der Waals surface area contributed by atoms with Gasteiger partial charge in [0.25, 0.3) is 0 Å². The number of amides is 1. The van der Waals surface area contributed by atoms with Crippen LogP contribution in [0.25, 0.3) is 0 Å². The number of benzene rings is 1. The summed E-state index contributed by atoms with van der Waals surface area (Å²) in [6.07, 6.45) is 2.96. The van der Waals surface area contributed by atoms with Crippen LogP contribution in [0, 0.1) is 0 Å². The number of piperidine rings is 1. The van der Waals surface area contributed by atoms with Crippen LogP contribution in [0.5, 0.6) is 0 Å². The van der Waals surface area contributed by atoms with Crippen LogP contribution < -0.4 is 0 Å². The van der Waals surface area contributed by atoms with Gasteiger partial charge in [-0.3, -0.25) is 0 Å². The lowest BCUT2D eigenvalue weighted by Gasteiger charge is -2.32. The number of unbranched alkanes of at least 4 members (excludes halogenated alkanes) is 1. The van der Waals surface area contributed by atoms with Crippen molar-refractivity contribution < 1.29 is 14.1 Å². The molecular weight excluding hydrogens is 357 g/mol. The Hall–Kier alpha value is -0.620. The summed E-state index contributed by atoms with van der Waals surface area (Å²) < 4.78 is 17.9. The van der Waals surface area contributed by atoms with E-state index < -0.39 is 11.2 Å². The van der Waals surface area contributed by atoms with E-state index in [2.05, 4.69) is 6.92 Å². The highest BCUT2D eigenvalue weighted by molar-refractivity contribution is 7.92. The van der Waals surface area contributed by atoms with Gasteiger partial charge in [0.15, 0.2) is 4.90 Å². The predicted octanol–water partition coefficient (Wildman–Crippen LogP) is 4.50. The zero-order chi connectivity index (χ0) is 16.8. The zero-order valence-electron chi connectivity index (χ0n) is 13.1. The quantitative estimate of drug-likeness (QED) is 0.560. The van der Waals surface area contributed by atoms with Crippen molar-refractivity contribution in [3.63, 3.8) is 0 Å². The average Bonchev–Trinajstić information content (AvgIpc) is 2.53. The van der Waals surface area contributed by atoms with Crippen molar-refractivity contribution in [3.8, 4) is 0 Å². The molecule has 1 fully saturated rings. The van der Waals surface area contributed by atoms with E-state index in [0.717, 1.165) is 12.8 Å². The van der Waals surface area contributed by atoms with Crippen molar-refractivity contribution >= 4 is 40.5 Å². The normalized spacial score (nSPS) is 17.1. The monoisotopic (exact) mass is 377 g/mol. The Balaban J connectivity index is 1.87. The molecule has 1 unspecified atom stereocenters. The maximum absolute atomic E-state index is 12.7. The number of hydrogen-bond donors (Lipinski definition) is 0. The Morgan fingerprint density at radius 3 is 2.48 bits per heavy atom. The number of halogens is 2. The van der Waals surface area contributed by atoms with Gasteiger partial charge in [0, 0.05) is 48.1 Å². The minimum Gasteiger partial charge on any atom is -0.611 e. The molecule has 0 radical (unpaired) electrons. The van der Waals surface area contributed by atoms with Crippen molar-refractivity contribution in [2.75, 3.05) is 19.7 Å². The first-order chi connectivity index (χ1) is 11.0. The third kappa shape index (κ3) is 5.45. The summed E-state index contributed by atoms with van der Waals surface area (Å²) in [6.45, 7) is 3.64. The van der Waals surface area contributed by atoms with Crippen LogP contribution in [0.4, 0.5) is 4.79 Å². The molecule has 128 valence electrons. The van der Waals surface area contributed by atoms with Crippen LogP contribution in [-0.4, -0.2) is 40.5 Å². The summed E-state index contributed by atoms with van der Waals surface area (Å²) in [5, 5.41) is 0.972. The number of likely N-dealkylation sites (tertiary alicyclic amines) is 1. The summed E-state index contributed by atoms with van der Waals surface area (Å²) >= 11 is 10.8. The summed E-state index contributed by atoms with van der Waals surface area (Å²) in [4.78, 5) is 14.2. The molecule has 1 amide bonds. The number of hydrogen-bond acceptors (Lipinski definition) is 3. The van der Waals surface area contributed by atoms with E-state index in [4.69, 9.17) is 27.9 Å². The molecule has 1 aromatic rings. The van der Waals surface area contributed by atoms with Crippen molar-refractivity contribution in [3.05, 3.63) is 28.2 Å². The summed E-state index contributed by atoms with van der Waals surface area (Å²) in [7, 11) is 0. The molecule has 2 rings (SSSR count). The van der Waals surface area contributed by atoms with Crippen LogP contribution in [0.3, 0.4) is 0 Å². The Morgan fingerprint density at radius 1 is 1.30 bits per heavy atom. The van der Waals surface area contributed by atoms with E-state index in [-0.39, 0.29) is 11.3 Å². The molecule has 0 aliphatic carbocycles. The molecule has 7 heteroatoms. The number of nitrogens with zero attached hydrogens (tertiary/aromatic N) is 1. The van der Waals surface area contributed by atoms with Gasteiger partial charge in [0.05, 0.1) is 6.61 Å². The van der Waals surface area contributed by atoms with Gasteiger partial charge in [0.2, 0.25) is 0 Å². The van der Waals surface area contributed by atoms with Gasteiger partial charge in [-0.15, -0.1) is 0 Å². The van der Waals surface area contributed by atoms with E-state index in [1.807, 2.05) is 0 Å². The van der Waals surface area contributed by atoms with Crippen LogP contribution in [-0.2, 0) is 15.9 Å². The first-order valence-corrected chi connectivity index (χ1v) is 9.76. The number of carbonyl (C=O) groups excluding carboxylic acids is 1. The lowest BCUT2D eigenvalue weighted by molar-refractivity contribution is 0.0944. The van der Waals surface area contributed by atoms with Crippen LogP contribution in [0.1, 0.15) is 32.6 Å². The lowest BCUT2D eigenvalue weighted by atomic mass is 10.1. The van der Waals surface area contributed by atoms with E-state index in [0.29, 0.717) is 47.5 Å². The third-order valence-electron chi connectivity index (χ3n) is 3.79. The van der Waals surface area contributed by atoms with Crippen molar-refractivity contribution in [1.82, 2.24) is 4.90 Å². The summed E-state index contributed by atoms with van der Waals surface area (Å²) in [6, 6.07) is 5.00. The van der Waals surface area contributed by atoms with E-state index >= 15 is 0 Å². The molecule has 1 aromatic carbocycles. The molecule has 1 aliphatic rings. The van der Waals surface area contributed by atoms with Gasteiger partial charge in [-0.2, -0.15) is 0 Å². The van der Waals surface area contributed by atoms with Gasteiger partial charge in [0.1, 0.15) is 5.25 Å². The van der Waals surface area contributed by atoms with Crippen LogP contribution in [0.2, 0.25) is 10.0 Å². The Bertz CT molecular complexity index is 516. The highest BCUT2D eigenvalue weighted by Crippen LogP contribution is 2.29. The zero-order valence-corrected chi connectivity index (χ0v) is 15.4. The van der Waals surface area contributed by atoms with E-state index in [1.165, 1.54) is 0 Å². The first-order valence-electron chi connectivity index (χ1n) is 7.79. The highest BCUT2D eigenvalue weighted by atomic mass is 35.5. The third-order valence-corrected chi connectivity index (χ3v) is 6.01. The fourth-order valence-electron chi connectivity index (χ4n) is 2.48. The van der Waals surface area contributed by atoms with Gasteiger partial charge in [-0.25, -0.2) is 4.79 Å². The second kappa shape index (κ2) is 9.02. The Labute approximate surface area is 150 Å². The standard InChI is InChI=1S/C16H21Cl2NO3S/c1-2-3-8-22-16(20)19-6-4-14(5-7-19)23(21)15-10-12(17)9-13(18)11-15/h9-11,14H,2-8H2,1H3. The summed E-state index contributed by atoms with van der Waals surface area (Å²) in [5.74, 6) is 0. The molecular formula is C16H21Cl2NO3S. The Kier molecular flexibility index (Phi) is 7.34. The van der Waals surface area contributed by atoms with Crippen molar-refractivity contribution in [2.45, 2.75) is 42.8 Å². The topological polar surface area (TPSA) is 52.6 Å². The molecule has 1 saturated heterocycles. The molecule has 1 heterocycles. The average molecular weight is 378 g/mol. The van der Waals surface area contributed by atoms with Gasteiger partial charge >= 0.3 is 6.09 Å².